The highest BCUT2D eigenvalue weighted by molar-refractivity contribution is 7.98. The van der Waals surface area contributed by atoms with Gasteiger partial charge in [-0.2, -0.15) is 0 Å². The van der Waals surface area contributed by atoms with Crippen LogP contribution in [0.15, 0.2) is 65.8 Å². The Balaban J connectivity index is 1.47. The van der Waals surface area contributed by atoms with E-state index in [9.17, 15) is 4.79 Å². The zero-order valence-electron chi connectivity index (χ0n) is 15.6. The second-order valence-corrected chi connectivity index (χ2v) is 8.34. The second kappa shape index (κ2) is 8.13. The summed E-state index contributed by atoms with van der Waals surface area (Å²) < 4.78 is 0. The molecular formula is C23H24N2OS. The SMILES string of the molecule is CC1CCN(C(=O)c2cncc(CSc3cccc4ccccc34)c2)CC1. The maximum Gasteiger partial charge on any atom is 0.255 e. The van der Waals surface area contributed by atoms with Gasteiger partial charge in [0.15, 0.2) is 0 Å². The summed E-state index contributed by atoms with van der Waals surface area (Å²) in [6.45, 7) is 3.97. The number of rotatable bonds is 4. The summed E-state index contributed by atoms with van der Waals surface area (Å²) >= 11 is 1.79. The topological polar surface area (TPSA) is 33.2 Å². The smallest absolute Gasteiger partial charge is 0.255 e. The molecule has 0 radical (unpaired) electrons. The van der Waals surface area contributed by atoms with Crippen molar-refractivity contribution in [3.8, 4) is 0 Å². The fourth-order valence-corrected chi connectivity index (χ4v) is 4.56. The van der Waals surface area contributed by atoms with Gasteiger partial charge in [0.2, 0.25) is 0 Å². The first-order chi connectivity index (χ1) is 13.2. The molecule has 138 valence electrons. The number of carbonyl (C=O) groups excluding carboxylic acids is 1. The van der Waals surface area contributed by atoms with Crippen molar-refractivity contribution in [2.24, 2.45) is 5.92 Å². The van der Waals surface area contributed by atoms with Crippen molar-refractivity contribution in [3.05, 3.63) is 72.1 Å². The first-order valence-corrected chi connectivity index (χ1v) is 10.5. The summed E-state index contributed by atoms with van der Waals surface area (Å²) in [6, 6.07) is 16.8. The maximum atomic E-state index is 12.8. The lowest BCUT2D eigenvalue weighted by Crippen LogP contribution is -2.37. The van der Waals surface area contributed by atoms with Gasteiger partial charge in [0.25, 0.3) is 5.91 Å². The van der Waals surface area contributed by atoms with Gasteiger partial charge < -0.3 is 4.90 Å². The monoisotopic (exact) mass is 376 g/mol. The summed E-state index contributed by atoms with van der Waals surface area (Å²) in [5, 5.41) is 2.52. The van der Waals surface area contributed by atoms with Gasteiger partial charge in [-0.1, -0.05) is 43.3 Å². The molecule has 0 saturated carbocycles. The molecular weight excluding hydrogens is 352 g/mol. The zero-order valence-corrected chi connectivity index (χ0v) is 16.4. The summed E-state index contributed by atoms with van der Waals surface area (Å²) in [4.78, 5) is 20.3. The van der Waals surface area contributed by atoms with E-state index < -0.39 is 0 Å². The third kappa shape index (κ3) is 4.16. The predicted octanol–water partition coefficient (Wildman–Crippen LogP) is 5.40. The number of thioether (sulfide) groups is 1. The van der Waals surface area contributed by atoms with Crippen LogP contribution in [0.3, 0.4) is 0 Å². The van der Waals surface area contributed by atoms with E-state index in [-0.39, 0.29) is 5.91 Å². The summed E-state index contributed by atoms with van der Waals surface area (Å²) in [5.74, 6) is 1.64. The Hall–Kier alpha value is -2.33. The first-order valence-electron chi connectivity index (χ1n) is 9.54. The highest BCUT2D eigenvalue weighted by Crippen LogP contribution is 2.30. The van der Waals surface area contributed by atoms with Crippen LogP contribution in [0.1, 0.15) is 35.7 Å². The highest BCUT2D eigenvalue weighted by Gasteiger charge is 2.21. The quantitative estimate of drug-likeness (QED) is 0.572. The predicted molar refractivity (Wildman–Crippen MR) is 112 cm³/mol. The third-order valence-corrected chi connectivity index (χ3v) is 6.40. The third-order valence-electron chi connectivity index (χ3n) is 5.26. The van der Waals surface area contributed by atoms with E-state index in [4.69, 9.17) is 0 Å². The lowest BCUT2D eigenvalue weighted by atomic mass is 9.99. The van der Waals surface area contributed by atoms with Crippen LogP contribution in [-0.4, -0.2) is 28.9 Å². The van der Waals surface area contributed by atoms with Crippen LogP contribution in [0.4, 0.5) is 0 Å². The zero-order chi connectivity index (χ0) is 18.6. The maximum absolute atomic E-state index is 12.8. The molecule has 4 rings (SSSR count). The fraction of sp³-hybridized carbons (Fsp3) is 0.304. The molecule has 0 N–H and O–H groups in total. The molecule has 4 heteroatoms. The molecule has 0 unspecified atom stereocenters. The van der Waals surface area contributed by atoms with Crippen LogP contribution in [0.25, 0.3) is 10.8 Å². The molecule has 0 bridgehead atoms. The Morgan fingerprint density at radius 3 is 2.74 bits per heavy atom. The molecule has 1 saturated heterocycles. The van der Waals surface area contributed by atoms with E-state index >= 15 is 0 Å². The van der Waals surface area contributed by atoms with Gasteiger partial charge >= 0.3 is 0 Å². The minimum atomic E-state index is 0.117. The number of aromatic nitrogens is 1. The normalized spacial score (nSPS) is 15.2. The van der Waals surface area contributed by atoms with Crippen molar-refractivity contribution < 1.29 is 4.79 Å². The van der Waals surface area contributed by atoms with Crippen LogP contribution < -0.4 is 0 Å². The average molecular weight is 377 g/mol. The van der Waals surface area contributed by atoms with Crippen molar-refractivity contribution in [2.75, 3.05) is 13.1 Å². The molecule has 2 heterocycles. The number of carbonyl (C=O) groups is 1. The van der Waals surface area contributed by atoms with Crippen molar-refractivity contribution in [1.29, 1.82) is 0 Å². The highest BCUT2D eigenvalue weighted by atomic mass is 32.2. The van der Waals surface area contributed by atoms with Crippen molar-refractivity contribution in [3.63, 3.8) is 0 Å². The van der Waals surface area contributed by atoms with Gasteiger partial charge in [-0.25, -0.2) is 0 Å². The van der Waals surface area contributed by atoms with Crippen molar-refractivity contribution in [1.82, 2.24) is 9.88 Å². The molecule has 1 aliphatic rings. The summed E-state index contributed by atoms with van der Waals surface area (Å²) in [5.41, 5.74) is 1.80. The Morgan fingerprint density at radius 2 is 1.89 bits per heavy atom. The molecule has 0 aliphatic carbocycles. The number of nitrogens with zero attached hydrogens (tertiary/aromatic N) is 2. The number of likely N-dealkylation sites (tertiary alicyclic amines) is 1. The van der Waals surface area contributed by atoms with E-state index in [1.807, 2.05) is 17.2 Å². The van der Waals surface area contributed by atoms with Crippen molar-refractivity contribution >= 4 is 28.4 Å². The van der Waals surface area contributed by atoms with Crippen LogP contribution in [-0.2, 0) is 5.75 Å². The number of piperidine rings is 1. The Morgan fingerprint density at radius 1 is 1.11 bits per heavy atom. The summed E-state index contributed by atoms with van der Waals surface area (Å²) in [6.07, 6.45) is 5.76. The van der Waals surface area contributed by atoms with Gasteiger partial charge in [0.05, 0.1) is 5.56 Å². The Kier molecular flexibility index (Phi) is 5.44. The standard InChI is InChI=1S/C23H24N2OS/c1-17-9-11-25(12-10-17)23(26)20-13-18(14-24-15-20)16-27-22-8-4-6-19-5-2-3-7-21(19)22/h2-8,13-15,17H,9-12,16H2,1H3. The minimum absolute atomic E-state index is 0.117. The molecule has 1 aliphatic heterocycles. The number of pyridine rings is 1. The van der Waals surface area contributed by atoms with E-state index in [0.717, 1.165) is 43.2 Å². The molecule has 1 fully saturated rings. The van der Waals surface area contributed by atoms with Crippen LogP contribution in [0.5, 0.6) is 0 Å². The van der Waals surface area contributed by atoms with Gasteiger partial charge in [-0.05, 0) is 47.2 Å². The number of hydrogen-bond acceptors (Lipinski definition) is 3. The molecule has 27 heavy (non-hydrogen) atoms. The fourth-order valence-electron chi connectivity index (χ4n) is 3.56. The van der Waals surface area contributed by atoms with E-state index in [1.165, 1.54) is 15.7 Å². The van der Waals surface area contributed by atoms with Crippen LogP contribution in [0.2, 0.25) is 0 Å². The van der Waals surface area contributed by atoms with Crippen LogP contribution in [0, 0.1) is 5.92 Å². The lowest BCUT2D eigenvalue weighted by molar-refractivity contribution is 0.0696. The summed E-state index contributed by atoms with van der Waals surface area (Å²) in [7, 11) is 0. The van der Waals surface area contributed by atoms with E-state index in [1.54, 1.807) is 18.0 Å². The molecule has 1 amide bonds. The average Bonchev–Trinajstić information content (AvgIpc) is 2.72. The molecule has 0 spiro atoms. The lowest BCUT2D eigenvalue weighted by Gasteiger charge is -2.30. The molecule has 2 aromatic carbocycles. The largest absolute Gasteiger partial charge is 0.339 e. The van der Waals surface area contributed by atoms with Gasteiger partial charge in [-0.15, -0.1) is 11.8 Å². The molecule has 1 aromatic heterocycles. The molecule has 0 atom stereocenters. The van der Waals surface area contributed by atoms with E-state index in [0.29, 0.717) is 5.56 Å². The number of fused-ring (bicyclic) bond motifs is 1. The van der Waals surface area contributed by atoms with Gasteiger partial charge in [0, 0.05) is 36.1 Å². The number of hydrogen-bond donors (Lipinski definition) is 0. The number of amides is 1. The minimum Gasteiger partial charge on any atom is -0.339 e. The van der Waals surface area contributed by atoms with E-state index in [2.05, 4.69) is 54.4 Å². The first kappa shape index (κ1) is 18.1. The Bertz CT molecular complexity index is 943. The Labute approximate surface area is 164 Å². The molecule has 3 nitrogen and oxygen atoms in total. The second-order valence-electron chi connectivity index (χ2n) is 7.32. The van der Waals surface area contributed by atoms with Crippen molar-refractivity contribution in [2.45, 2.75) is 30.4 Å². The number of benzene rings is 2. The van der Waals surface area contributed by atoms with Gasteiger partial charge in [0.1, 0.15) is 0 Å². The van der Waals surface area contributed by atoms with Crippen LogP contribution >= 0.6 is 11.8 Å². The van der Waals surface area contributed by atoms with Gasteiger partial charge in [-0.3, -0.25) is 9.78 Å². The molecule has 3 aromatic rings.